The summed E-state index contributed by atoms with van der Waals surface area (Å²) >= 11 is 0. The second kappa shape index (κ2) is 7.24. The van der Waals surface area contributed by atoms with E-state index in [1.807, 2.05) is 6.07 Å². The molecule has 0 bridgehead atoms. The first-order valence-corrected chi connectivity index (χ1v) is 9.21. The summed E-state index contributed by atoms with van der Waals surface area (Å²) in [6.45, 7) is 2.35. The van der Waals surface area contributed by atoms with Crippen molar-refractivity contribution in [3.63, 3.8) is 0 Å². The lowest BCUT2D eigenvalue weighted by Gasteiger charge is -2.41. The largest absolute Gasteiger partial charge is 0.479 e. The molecule has 2 aliphatic rings. The third-order valence-electron chi connectivity index (χ3n) is 6.33. The van der Waals surface area contributed by atoms with Gasteiger partial charge in [-0.2, -0.15) is 0 Å². The first-order valence-electron chi connectivity index (χ1n) is 9.21. The van der Waals surface area contributed by atoms with Crippen LogP contribution in [0.4, 0.5) is 0 Å². The molecule has 3 rings (SSSR count). The van der Waals surface area contributed by atoms with Gasteiger partial charge in [-0.05, 0) is 76.1 Å². The minimum absolute atomic E-state index is 0.195. The maximum atomic E-state index is 11.9. The number of likely N-dealkylation sites (tertiary alicyclic amines) is 1. The highest BCUT2D eigenvalue weighted by Crippen LogP contribution is 2.44. The number of aliphatic carboxylic acids is 1. The number of hydrogen-bond donors (Lipinski definition) is 2. The van der Waals surface area contributed by atoms with Crippen LogP contribution in [0.15, 0.2) is 30.3 Å². The Labute approximate surface area is 144 Å². The molecule has 24 heavy (non-hydrogen) atoms. The highest BCUT2D eigenvalue weighted by Gasteiger charge is 2.47. The first-order chi connectivity index (χ1) is 11.5. The first kappa shape index (κ1) is 17.4. The molecule has 0 radical (unpaired) electrons. The minimum Gasteiger partial charge on any atom is -0.479 e. The van der Waals surface area contributed by atoms with Crippen LogP contribution in [0.1, 0.15) is 44.1 Å². The number of piperidine rings is 1. The van der Waals surface area contributed by atoms with E-state index in [-0.39, 0.29) is 5.92 Å². The molecule has 0 spiro atoms. The average Bonchev–Trinajstić information content (AvgIpc) is 2.62. The van der Waals surface area contributed by atoms with Gasteiger partial charge in [0.15, 0.2) is 5.60 Å². The number of carbonyl (C=O) groups is 1. The van der Waals surface area contributed by atoms with Crippen molar-refractivity contribution in [3.8, 4) is 0 Å². The number of aliphatic hydroxyl groups is 1. The molecule has 2 fully saturated rings. The third-order valence-corrected chi connectivity index (χ3v) is 6.33. The molecule has 0 amide bonds. The molecule has 1 saturated carbocycles. The molecule has 1 unspecified atom stereocenters. The summed E-state index contributed by atoms with van der Waals surface area (Å²) in [5.41, 5.74) is -1.24. The van der Waals surface area contributed by atoms with Crippen molar-refractivity contribution in [2.75, 3.05) is 20.1 Å². The molecule has 132 valence electrons. The SMILES string of the molecule is CN1CCC(C2CCC(C(O)(C(=O)O)c3ccccc3)CC2)CC1. The molecule has 1 saturated heterocycles. The van der Waals surface area contributed by atoms with E-state index in [4.69, 9.17) is 0 Å². The molecule has 1 aromatic rings. The van der Waals surface area contributed by atoms with Gasteiger partial charge in [0.25, 0.3) is 0 Å². The zero-order valence-corrected chi connectivity index (χ0v) is 14.5. The molecule has 2 N–H and O–H groups in total. The van der Waals surface area contributed by atoms with Gasteiger partial charge in [-0.1, -0.05) is 30.3 Å². The molecule has 4 heteroatoms. The summed E-state index contributed by atoms with van der Waals surface area (Å²) < 4.78 is 0. The van der Waals surface area contributed by atoms with Crippen LogP contribution in [0, 0.1) is 17.8 Å². The van der Waals surface area contributed by atoms with Crippen LogP contribution in [-0.2, 0) is 10.4 Å². The standard InChI is InChI=1S/C20H29NO3/c1-21-13-11-16(12-14-21)15-7-9-18(10-8-15)20(24,19(22)23)17-5-3-2-4-6-17/h2-6,15-16,18,24H,7-14H2,1H3,(H,22,23). The Morgan fingerprint density at radius 1 is 1.00 bits per heavy atom. The lowest BCUT2D eigenvalue weighted by atomic mass is 9.67. The molecule has 1 aliphatic carbocycles. The molecular weight excluding hydrogens is 302 g/mol. The monoisotopic (exact) mass is 331 g/mol. The zero-order chi connectivity index (χ0) is 17.2. The Bertz CT molecular complexity index is 545. The molecule has 0 aromatic heterocycles. The smallest absolute Gasteiger partial charge is 0.340 e. The van der Waals surface area contributed by atoms with Gasteiger partial charge in [0.05, 0.1) is 0 Å². The van der Waals surface area contributed by atoms with Crippen molar-refractivity contribution in [3.05, 3.63) is 35.9 Å². The van der Waals surface area contributed by atoms with Crippen LogP contribution in [-0.4, -0.2) is 41.2 Å². The van der Waals surface area contributed by atoms with Crippen LogP contribution in [0.2, 0.25) is 0 Å². The predicted molar refractivity (Wildman–Crippen MR) is 93.6 cm³/mol. The maximum Gasteiger partial charge on any atom is 0.340 e. The van der Waals surface area contributed by atoms with Crippen molar-refractivity contribution in [2.24, 2.45) is 17.8 Å². The Balaban J connectivity index is 1.67. The quantitative estimate of drug-likeness (QED) is 0.890. The van der Waals surface area contributed by atoms with E-state index in [1.54, 1.807) is 24.3 Å². The zero-order valence-electron chi connectivity index (χ0n) is 14.5. The Hall–Kier alpha value is -1.39. The van der Waals surface area contributed by atoms with Crippen molar-refractivity contribution in [2.45, 2.75) is 44.1 Å². The van der Waals surface area contributed by atoms with E-state index in [2.05, 4.69) is 11.9 Å². The second-order valence-electron chi connectivity index (χ2n) is 7.69. The topological polar surface area (TPSA) is 60.8 Å². The fourth-order valence-electron chi connectivity index (χ4n) is 4.73. The number of benzene rings is 1. The lowest BCUT2D eigenvalue weighted by Crippen LogP contribution is -2.45. The van der Waals surface area contributed by atoms with Crippen LogP contribution in [0.25, 0.3) is 0 Å². The van der Waals surface area contributed by atoms with E-state index in [1.165, 1.54) is 25.9 Å². The van der Waals surface area contributed by atoms with E-state index in [9.17, 15) is 15.0 Å². The van der Waals surface area contributed by atoms with Gasteiger partial charge < -0.3 is 15.1 Å². The van der Waals surface area contributed by atoms with E-state index < -0.39 is 11.6 Å². The molecule has 1 aromatic carbocycles. The lowest BCUT2D eigenvalue weighted by molar-refractivity contribution is -0.169. The third kappa shape index (κ3) is 3.35. The van der Waals surface area contributed by atoms with Crippen LogP contribution >= 0.6 is 0 Å². The van der Waals surface area contributed by atoms with Gasteiger partial charge in [-0.25, -0.2) is 4.79 Å². The second-order valence-corrected chi connectivity index (χ2v) is 7.69. The fourth-order valence-corrected chi connectivity index (χ4v) is 4.73. The number of nitrogens with zero attached hydrogens (tertiary/aromatic N) is 1. The number of carboxylic acid groups (broad SMARTS) is 1. The Morgan fingerprint density at radius 2 is 1.54 bits per heavy atom. The van der Waals surface area contributed by atoms with Crippen LogP contribution in [0.5, 0.6) is 0 Å². The maximum absolute atomic E-state index is 11.9. The summed E-state index contributed by atoms with van der Waals surface area (Å²) in [7, 11) is 2.18. The van der Waals surface area contributed by atoms with Crippen molar-refractivity contribution in [1.29, 1.82) is 0 Å². The number of rotatable bonds is 4. The highest BCUT2D eigenvalue weighted by atomic mass is 16.4. The summed E-state index contributed by atoms with van der Waals surface area (Å²) in [5.74, 6) is 0.164. The van der Waals surface area contributed by atoms with Crippen molar-refractivity contribution in [1.82, 2.24) is 4.90 Å². The summed E-state index contributed by atoms with van der Waals surface area (Å²) in [6.07, 6.45) is 6.20. The van der Waals surface area contributed by atoms with Gasteiger partial charge in [0.1, 0.15) is 0 Å². The van der Waals surface area contributed by atoms with E-state index in [0.29, 0.717) is 11.5 Å². The molecule has 1 aliphatic heterocycles. The Morgan fingerprint density at radius 3 is 2.08 bits per heavy atom. The number of carboxylic acids is 1. The van der Waals surface area contributed by atoms with Gasteiger partial charge in [-0.15, -0.1) is 0 Å². The fraction of sp³-hybridized carbons (Fsp3) is 0.650. The molecule has 1 atom stereocenters. The van der Waals surface area contributed by atoms with Gasteiger partial charge >= 0.3 is 5.97 Å². The van der Waals surface area contributed by atoms with E-state index in [0.717, 1.165) is 31.6 Å². The summed E-state index contributed by atoms with van der Waals surface area (Å²) in [5, 5.41) is 20.7. The highest BCUT2D eigenvalue weighted by molar-refractivity contribution is 5.79. The van der Waals surface area contributed by atoms with Crippen molar-refractivity contribution >= 4 is 5.97 Å². The normalized spacial score (nSPS) is 29.1. The molecule has 1 heterocycles. The number of hydrogen-bond acceptors (Lipinski definition) is 3. The summed E-state index contributed by atoms with van der Waals surface area (Å²) in [4.78, 5) is 14.3. The average molecular weight is 331 g/mol. The van der Waals surface area contributed by atoms with Gasteiger partial charge in [0.2, 0.25) is 0 Å². The predicted octanol–water partition coefficient (Wildman–Crippen LogP) is 3.11. The van der Waals surface area contributed by atoms with Crippen LogP contribution < -0.4 is 0 Å². The molecular formula is C20H29NO3. The van der Waals surface area contributed by atoms with Crippen LogP contribution in [0.3, 0.4) is 0 Å². The Kier molecular flexibility index (Phi) is 5.26. The minimum atomic E-state index is -1.75. The van der Waals surface area contributed by atoms with E-state index >= 15 is 0 Å². The van der Waals surface area contributed by atoms with Crippen molar-refractivity contribution < 1.29 is 15.0 Å². The molecule has 4 nitrogen and oxygen atoms in total. The van der Waals surface area contributed by atoms with Gasteiger partial charge in [-0.3, -0.25) is 0 Å². The van der Waals surface area contributed by atoms with Gasteiger partial charge in [0, 0.05) is 5.92 Å². The summed E-state index contributed by atoms with van der Waals surface area (Å²) in [6, 6.07) is 8.91.